The van der Waals surface area contributed by atoms with Gasteiger partial charge in [-0.2, -0.15) is 0 Å². The highest BCUT2D eigenvalue weighted by Gasteiger charge is 1.99. The summed E-state index contributed by atoms with van der Waals surface area (Å²) in [5.74, 6) is -0.963. The van der Waals surface area contributed by atoms with Crippen molar-refractivity contribution in [2.75, 3.05) is 0 Å². The molecule has 0 aromatic heterocycles. The summed E-state index contributed by atoms with van der Waals surface area (Å²) in [6, 6.07) is -0.731. The Hall–Kier alpha value is -0.570. The van der Waals surface area contributed by atoms with E-state index in [-0.39, 0.29) is 7.43 Å². The van der Waals surface area contributed by atoms with E-state index in [2.05, 4.69) is 0 Å². The van der Waals surface area contributed by atoms with E-state index in [9.17, 15) is 4.79 Å². The van der Waals surface area contributed by atoms with Crippen LogP contribution in [0.25, 0.3) is 0 Å². The second-order valence-corrected chi connectivity index (χ2v) is 1.13. The Morgan fingerprint density at radius 2 is 2.00 bits per heavy atom. The molecule has 0 radical (unpaired) electrons. The van der Waals surface area contributed by atoms with Crippen LogP contribution in [0.3, 0.4) is 0 Å². The zero-order valence-corrected chi connectivity index (χ0v) is 3.51. The van der Waals surface area contributed by atoms with Crippen LogP contribution < -0.4 is 5.73 Å². The molecule has 3 nitrogen and oxygen atoms in total. The average Bonchev–Trinajstić information content (AvgIpc) is 1.36. The van der Waals surface area contributed by atoms with Crippen molar-refractivity contribution in [3.8, 4) is 0 Å². The molecule has 0 aliphatic rings. The SMILES string of the molecule is C.C[C@@H](N)C(=O)O. The van der Waals surface area contributed by atoms with Crippen molar-refractivity contribution in [2.24, 2.45) is 5.73 Å². The van der Waals surface area contributed by atoms with E-state index in [4.69, 9.17) is 10.8 Å². The fraction of sp³-hybridized carbons (Fsp3) is 0.750. The van der Waals surface area contributed by atoms with E-state index in [0.717, 1.165) is 0 Å². The van der Waals surface area contributed by atoms with Gasteiger partial charge < -0.3 is 10.8 Å². The number of hydrogen-bond acceptors (Lipinski definition) is 2. The summed E-state index contributed by atoms with van der Waals surface area (Å²) in [4.78, 5) is 9.57. The summed E-state index contributed by atoms with van der Waals surface area (Å²) in [5.41, 5.74) is 4.84. The molecule has 0 spiro atoms. The lowest BCUT2D eigenvalue weighted by Crippen LogP contribution is -2.25. The van der Waals surface area contributed by atoms with Gasteiger partial charge in [0.15, 0.2) is 0 Å². The normalized spacial score (nSPS) is 11.7. The molecule has 0 saturated heterocycles. The Morgan fingerprint density at radius 3 is 2.00 bits per heavy atom. The third-order valence-corrected chi connectivity index (χ3v) is 0.390. The maximum atomic E-state index is 9.57. The first kappa shape index (κ1) is 9.66. The predicted octanol–water partition coefficient (Wildman–Crippen LogP) is 0.0543. The number of carboxylic acids is 1. The van der Waals surface area contributed by atoms with Gasteiger partial charge in [0.25, 0.3) is 0 Å². The first-order valence-electron chi connectivity index (χ1n) is 1.63. The first-order valence-corrected chi connectivity index (χ1v) is 1.63. The molecule has 0 fully saturated rings. The third-order valence-electron chi connectivity index (χ3n) is 0.390. The molecule has 1 atom stereocenters. The highest BCUT2D eigenvalue weighted by Crippen LogP contribution is 1.68. The summed E-state index contributed by atoms with van der Waals surface area (Å²) in [5, 5.41) is 7.87. The molecular formula is C4H11NO2. The lowest BCUT2D eigenvalue weighted by atomic mass is 10.4. The molecule has 0 heterocycles. The van der Waals surface area contributed by atoms with Crippen molar-refractivity contribution in [3.63, 3.8) is 0 Å². The number of nitrogens with two attached hydrogens (primary N) is 1. The standard InChI is InChI=1S/C3H7NO2.CH4/c1-2(4)3(5)6;/h2H,4H2,1H3,(H,5,6);1H4/t2-;/m1./s1. The second kappa shape index (κ2) is 3.61. The van der Waals surface area contributed by atoms with E-state index in [0.29, 0.717) is 0 Å². The van der Waals surface area contributed by atoms with E-state index in [1.54, 1.807) is 0 Å². The van der Waals surface area contributed by atoms with Gasteiger partial charge in [-0.15, -0.1) is 0 Å². The second-order valence-electron chi connectivity index (χ2n) is 1.13. The zero-order valence-electron chi connectivity index (χ0n) is 3.51. The Balaban J connectivity index is 0. The summed E-state index contributed by atoms with van der Waals surface area (Å²) in [7, 11) is 0. The van der Waals surface area contributed by atoms with Crippen LogP contribution in [-0.4, -0.2) is 17.1 Å². The molecule has 3 heteroatoms. The van der Waals surface area contributed by atoms with Crippen LogP contribution in [0, 0.1) is 0 Å². The molecule has 0 bridgehead atoms. The lowest BCUT2D eigenvalue weighted by molar-refractivity contribution is -0.138. The fourth-order valence-electron chi connectivity index (χ4n) is 0. The summed E-state index contributed by atoms with van der Waals surface area (Å²) >= 11 is 0. The maximum Gasteiger partial charge on any atom is 0.320 e. The molecule has 0 unspecified atom stereocenters. The minimum atomic E-state index is -0.963. The number of carboxylic acid groups (broad SMARTS) is 1. The van der Waals surface area contributed by atoms with Crippen molar-refractivity contribution >= 4 is 5.97 Å². The van der Waals surface area contributed by atoms with E-state index >= 15 is 0 Å². The Kier molecular flexibility index (Phi) is 4.99. The first-order chi connectivity index (χ1) is 2.64. The number of rotatable bonds is 1. The van der Waals surface area contributed by atoms with Crippen LogP contribution in [0.5, 0.6) is 0 Å². The van der Waals surface area contributed by atoms with Crippen LogP contribution in [0.1, 0.15) is 14.4 Å². The third kappa shape index (κ3) is 5.43. The van der Waals surface area contributed by atoms with E-state index < -0.39 is 12.0 Å². The number of carbonyl (C=O) groups is 1. The van der Waals surface area contributed by atoms with Crippen LogP contribution in [0.4, 0.5) is 0 Å². The van der Waals surface area contributed by atoms with Gasteiger partial charge in [0.05, 0.1) is 0 Å². The zero-order chi connectivity index (χ0) is 5.15. The minimum absolute atomic E-state index is 0. The van der Waals surface area contributed by atoms with E-state index in [1.807, 2.05) is 0 Å². The van der Waals surface area contributed by atoms with Gasteiger partial charge in [0, 0.05) is 0 Å². The molecule has 7 heavy (non-hydrogen) atoms. The van der Waals surface area contributed by atoms with Gasteiger partial charge in [-0.3, -0.25) is 4.79 Å². The Morgan fingerprint density at radius 1 is 1.86 bits per heavy atom. The summed E-state index contributed by atoms with van der Waals surface area (Å²) < 4.78 is 0. The molecule has 0 aromatic carbocycles. The minimum Gasteiger partial charge on any atom is -0.480 e. The molecule has 0 rings (SSSR count). The van der Waals surface area contributed by atoms with Crippen LogP contribution in [0.2, 0.25) is 0 Å². The number of aliphatic carboxylic acids is 1. The van der Waals surface area contributed by atoms with Crippen molar-refractivity contribution in [3.05, 3.63) is 0 Å². The van der Waals surface area contributed by atoms with Crippen molar-refractivity contribution in [1.29, 1.82) is 0 Å². The Labute approximate surface area is 43.1 Å². The maximum absolute atomic E-state index is 9.57. The van der Waals surface area contributed by atoms with Gasteiger partial charge >= 0.3 is 5.97 Å². The van der Waals surface area contributed by atoms with Crippen LogP contribution in [-0.2, 0) is 4.79 Å². The fourth-order valence-corrected chi connectivity index (χ4v) is 0. The number of hydrogen-bond donors (Lipinski definition) is 2. The molecular weight excluding hydrogens is 94.0 g/mol. The van der Waals surface area contributed by atoms with Gasteiger partial charge in [0.2, 0.25) is 0 Å². The topological polar surface area (TPSA) is 63.3 Å². The summed E-state index contributed by atoms with van der Waals surface area (Å²) in [6.07, 6.45) is 0. The van der Waals surface area contributed by atoms with Crippen molar-refractivity contribution in [1.82, 2.24) is 0 Å². The van der Waals surface area contributed by atoms with Crippen LogP contribution in [0.15, 0.2) is 0 Å². The van der Waals surface area contributed by atoms with Gasteiger partial charge in [-0.25, -0.2) is 0 Å². The van der Waals surface area contributed by atoms with Crippen molar-refractivity contribution < 1.29 is 9.90 Å². The molecule has 0 aromatic rings. The molecule has 0 saturated carbocycles. The average molecular weight is 105 g/mol. The monoisotopic (exact) mass is 105 g/mol. The van der Waals surface area contributed by atoms with Gasteiger partial charge in [-0.05, 0) is 6.92 Å². The quantitative estimate of drug-likeness (QED) is 0.495. The largest absolute Gasteiger partial charge is 0.480 e. The Bertz CT molecular complexity index is 60.7. The van der Waals surface area contributed by atoms with Gasteiger partial charge in [-0.1, -0.05) is 7.43 Å². The molecule has 0 amide bonds. The highest BCUT2D eigenvalue weighted by atomic mass is 16.4. The van der Waals surface area contributed by atoms with Gasteiger partial charge in [0.1, 0.15) is 6.04 Å². The molecule has 0 aliphatic carbocycles. The summed E-state index contributed by atoms with van der Waals surface area (Å²) in [6.45, 7) is 1.42. The molecule has 44 valence electrons. The molecule has 0 aliphatic heterocycles. The molecule has 3 N–H and O–H groups in total. The van der Waals surface area contributed by atoms with Crippen LogP contribution >= 0.6 is 0 Å². The smallest absolute Gasteiger partial charge is 0.320 e. The van der Waals surface area contributed by atoms with E-state index in [1.165, 1.54) is 6.92 Å². The highest BCUT2D eigenvalue weighted by molar-refractivity contribution is 5.72. The van der Waals surface area contributed by atoms with Crippen molar-refractivity contribution in [2.45, 2.75) is 20.4 Å². The predicted molar refractivity (Wildman–Crippen MR) is 28.0 cm³/mol. The lowest BCUT2D eigenvalue weighted by Gasteiger charge is -1.90.